The van der Waals surface area contributed by atoms with Crippen LogP contribution in [0.1, 0.15) is 5.56 Å². The van der Waals surface area contributed by atoms with Gasteiger partial charge >= 0.3 is 0 Å². The second kappa shape index (κ2) is 4.82. The van der Waals surface area contributed by atoms with E-state index in [0.717, 1.165) is 11.3 Å². The van der Waals surface area contributed by atoms with E-state index in [1.54, 1.807) is 18.8 Å². The molecule has 0 aliphatic rings. The summed E-state index contributed by atoms with van der Waals surface area (Å²) < 4.78 is 15.8. The molecule has 2 nitrogen and oxygen atoms in total. The standard InChI is InChI=1S/C10H12O2S/c1-12-10-5-3-9(4-6-10)7-8-13(2)11/h3-8H,1-2H3/b8-7-/t13-/m1/s1. The average Bonchev–Trinajstić information content (AvgIpc) is 2.15. The molecule has 0 amide bonds. The van der Waals surface area contributed by atoms with Crippen LogP contribution in [0.15, 0.2) is 29.7 Å². The van der Waals surface area contributed by atoms with Crippen molar-refractivity contribution in [1.29, 1.82) is 0 Å². The van der Waals surface area contributed by atoms with Gasteiger partial charge in [0.1, 0.15) is 5.75 Å². The van der Waals surface area contributed by atoms with Crippen molar-refractivity contribution in [2.24, 2.45) is 0 Å². The van der Waals surface area contributed by atoms with E-state index >= 15 is 0 Å². The number of ether oxygens (including phenoxy) is 1. The zero-order chi connectivity index (χ0) is 9.68. The lowest BCUT2D eigenvalue weighted by Crippen LogP contribution is -1.81. The van der Waals surface area contributed by atoms with E-state index < -0.39 is 10.8 Å². The van der Waals surface area contributed by atoms with Crippen molar-refractivity contribution in [2.75, 3.05) is 13.4 Å². The maximum absolute atomic E-state index is 10.7. The molecule has 0 unspecified atom stereocenters. The minimum Gasteiger partial charge on any atom is -0.497 e. The van der Waals surface area contributed by atoms with E-state index in [1.807, 2.05) is 30.3 Å². The van der Waals surface area contributed by atoms with Gasteiger partial charge in [-0.2, -0.15) is 0 Å². The van der Waals surface area contributed by atoms with Crippen LogP contribution in [0.3, 0.4) is 0 Å². The highest BCUT2D eigenvalue weighted by Gasteiger charge is 1.89. The van der Waals surface area contributed by atoms with Crippen molar-refractivity contribution in [3.8, 4) is 5.75 Å². The molecule has 70 valence electrons. The zero-order valence-electron chi connectivity index (χ0n) is 7.69. The van der Waals surface area contributed by atoms with Crippen molar-refractivity contribution < 1.29 is 8.95 Å². The molecule has 0 saturated carbocycles. The quantitative estimate of drug-likeness (QED) is 0.739. The third-order valence-corrected chi connectivity index (χ3v) is 2.09. The van der Waals surface area contributed by atoms with E-state index in [2.05, 4.69) is 0 Å². The van der Waals surface area contributed by atoms with Crippen LogP contribution in [0.2, 0.25) is 0 Å². The first-order valence-corrected chi connectivity index (χ1v) is 5.49. The Labute approximate surface area is 80.7 Å². The molecular weight excluding hydrogens is 184 g/mol. The van der Waals surface area contributed by atoms with E-state index in [0.29, 0.717) is 0 Å². The molecule has 0 heterocycles. The van der Waals surface area contributed by atoms with Crippen LogP contribution < -0.4 is 4.74 Å². The lowest BCUT2D eigenvalue weighted by Gasteiger charge is -1.98. The van der Waals surface area contributed by atoms with Gasteiger partial charge in [0.25, 0.3) is 0 Å². The summed E-state index contributed by atoms with van der Waals surface area (Å²) in [5, 5.41) is 1.65. The molecular formula is C10H12O2S. The van der Waals surface area contributed by atoms with Crippen LogP contribution >= 0.6 is 0 Å². The van der Waals surface area contributed by atoms with Crippen LogP contribution in [0.4, 0.5) is 0 Å². The molecule has 0 aromatic heterocycles. The second-order valence-electron chi connectivity index (χ2n) is 2.57. The van der Waals surface area contributed by atoms with Gasteiger partial charge in [-0.25, -0.2) is 0 Å². The summed E-state index contributed by atoms with van der Waals surface area (Å²) in [5.74, 6) is 0.828. The van der Waals surface area contributed by atoms with Crippen molar-refractivity contribution in [2.45, 2.75) is 0 Å². The topological polar surface area (TPSA) is 26.3 Å². The molecule has 0 aliphatic heterocycles. The first kappa shape index (κ1) is 9.99. The summed E-state index contributed by atoms with van der Waals surface area (Å²) in [4.78, 5) is 0. The van der Waals surface area contributed by atoms with E-state index in [9.17, 15) is 4.21 Å². The highest BCUT2D eigenvalue weighted by atomic mass is 32.2. The van der Waals surface area contributed by atoms with Gasteiger partial charge in [0, 0.05) is 22.5 Å². The number of rotatable bonds is 3. The van der Waals surface area contributed by atoms with Gasteiger partial charge in [0.05, 0.1) is 7.11 Å². The Bertz CT molecular complexity index is 314. The molecule has 1 aromatic rings. The predicted octanol–water partition coefficient (Wildman–Crippen LogP) is 2.04. The number of methoxy groups -OCH3 is 1. The highest BCUT2D eigenvalue weighted by Crippen LogP contribution is 2.12. The van der Waals surface area contributed by atoms with Crippen LogP contribution in [0.25, 0.3) is 6.08 Å². The third-order valence-electron chi connectivity index (χ3n) is 1.57. The highest BCUT2D eigenvalue weighted by molar-refractivity contribution is 7.87. The molecule has 0 bridgehead atoms. The summed E-state index contributed by atoms with van der Waals surface area (Å²) in [7, 11) is 0.746. The monoisotopic (exact) mass is 196 g/mol. The minimum atomic E-state index is -0.885. The Morgan fingerprint density at radius 3 is 2.38 bits per heavy atom. The van der Waals surface area contributed by atoms with Gasteiger partial charge in [0.15, 0.2) is 0 Å². The molecule has 1 aromatic carbocycles. The SMILES string of the molecule is COc1ccc(/C=C\[S@@](C)=O)cc1. The first-order chi connectivity index (χ1) is 6.22. The Kier molecular flexibility index (Phi) is 3.71. The largest absolute Gasteiger partial charge is 0.497 e. The zero-order valence-corrected chi connectivity index (χ0v) is 8.51. The van der Waals surface area contributed by atoms with Crippen molar-refractivity contribution in [1.82, 2.24) is 0 Å². The fourth-order valence-corrected chi connectivity index (χ4v) is 1.24. The smallest absolute Gasteiger partial charge is 0.118 e. The van der Waals surface area contributed by atoms with Gasteiger partial charge in [0.2, 0.25) is 0 Å². The molecule has 0 aliphatic carbocycles. The van der Waals surface area contributed by atoms with Crippen LogP contribution in [-0.4, -0.2) is 17.6 Å². The van der Waals surface area contributed by atoms with Gasteiger partial charge < -0.3 is 4.74 Å². The Hall–Kier alpha value is -1.09. The summed E-state index contributed by atoms with van der Waals surface area (Å²) in [6.07, 6.45) is 3.47. The van der Waals surface area contributed by atoms with Gasteiger partial charge in [-0.3, -0.25) is 4.21 Å². The lowest BCUT2D eigenvalue weighted by molar-refractivity contribution is 0.415. The van der Waals surface area contributed by atoms with Crippen molar-refractivity contribution in [3.63, 3.8) is 0 Å². The molecule has 0 saturated heterocycles. The minimum absolute atomic E-state index is 0.828. The summed E-state index contributed by atoms with van der Waals surface area (Å²) in [6, 6.07) is 7.58. The second-order valence-corrected chi connectivity index (χ2v) is 3.84. The van der Waals surface area contributed by atoms with Gasteiger partial charge in [-0.05, 0) is 23.8 Å². The molecule has 1 atom stereocenters. The normalized spacial score (nSPS) is 13.1. The Balaban J connectivity index is 2.75. The molecule has 0 fully saturated rings. The van der Waals surface area contributed by atoms with Crippen molar-refractivity contribution in [3.05, 3.63) is 35.2 Å². The third kappa shape index (κ3) is 3.42. The molecule has 0 N–H and O–H groups in total. The fourth-order valence-electron chi connectivity index (χ4n) is 0.889. The summed E-state index contributed by atoms with van der Waals surface area (Å²) in [5.41, 5.74) is 1.02. The first-order valence-electron chi connectivity index (χ1n) is 3.87. The van der Waals surface area contributed by atoms with E-state index in [1.165, 1.54) is 0 Å². The van der Waals surface area contributed by atoms with Crippen molar-refractivity contribution >= 4 is 16.9 Å². The molecule has 3 heteroatoms. The predicted molar refractivity (Wildman–Crippen MR) is 56.1 cm³/mol. The van der Waals surface area contributed by atoms with Gasteiger partial charge in [-0.1, -0.05) is 12.1 Å². The molecule has 0 radical (unpaired) electrons. The Morgan fingerprint density at radius 1 is 1.31 bits per heavy atom. The fraction of sp³-hybridized carbons (Fsp3) is 0.200. The van der Waals surface area contributed by atoms with E-state index in [4.69, 9.17) is 4.74 Å². The van der Waals surface area contributed by atoms with Gasteiger partial charge in [-0.15, -0.1) is 0 Å². The maximum atomic E-state index is 10.7. The summed E-state index contributed by atoms with van der Waals surface area (Å²) >= 11 is 0. The van der Waals surface area contributed by atoms with Crippen LogP contribution in [-0.2, 0) is 10.8 Å². The van der Waals surface area contributed by atoms with Crippen LogP contribution in [0.5, 0.6) is 5.75 Å². The molecule has 1 rings (SSSR count). The number of hydrogen-bond acceptors (Lipinski definition) is 2. The lowest BCUT2D eigenvalue weighted by atomic mass is 10.2. The average molecular weight is 196 g/mol. The van der Waals surface area contributed by atoms with E-state index in [-0.39, 0.29) is 0 Å². The summed E-state index contributed by atoms with van der Waals surface area (Å²) in [6.45, 7) is 0. The maximum Gasteiger partial charge on any atom is 0.118 e. The van der Waals surface area contributed by atoms with Crippen LogP contribution in [0, 0.1) is 0 Å². The number of hydrogen-bond donors (Lipinski definition) is 0. The molecule has 0 spiro atoms. The Morgan fingerprint density at radius 2 is 1.92 bits per heavy atom. The molecule has 13 heavy (non-hydrogen) atoms. The number of benzene rings is 1.